The Labute approximate surface area is 152 Å². The van der Waals surface area contributed by atoms with E-state index < -0.39 is 11.8 Å². The Bertz CT molecular complexity index is 940. The summed E-state index contributed by atoms with van der Waals surface area (Å²) in [5.41, 5.74) is 3.09. The standard InChI is InChI=1S/C17H13ClN4O2S/c18-15-12-5-1-2-6-13(12)25-16(15)17(24)20-10-14(23)22-21-9-11-4-3-7-19-8-11/h1-9H,10H2,(H,20,24)(H,22,23)/b21-9+. The Morgan fingerprint density at radius 1 is 1.24 bits per heavy atom. The molecule has 0 atom stereocenters. The topological polar surface area (TPSA) is 83.5 Å². The summed E-state index contributed by atoms with van der Waals surface area (Å²) in [5, 5.41) is 7.56. The molecule has 2 amide bonds. The first-order chi connectivity index (χ1) is 12.1. The second kappa shape index (κ2) is 7.87. The van der Waals surface area contributed by atoms with Crippen molar-refractivity contribution in [3.63, 3.8) is 0 Å². The van der Waals surface area contributed by atoms with Crippen molar-refractivity contribution < 1.29 is 9.59 Å². The van der Waals surface area contributed by atoms with Gasteiger partial charge in [-0.05, 0) is 12.1 Å². The Morgan fingerprint density at radius 3 is 2.84 bits per heavy atom. The molecule has 0 spiro atoms. The molecule has 0 unspecified atom stereocenters. The number of pyridine rings is 1. The average Bonchev–Trinajstić information content (AvgIpc) is 2.98. The van der Waals surface area contributed by atoms with Crippen LogP contribution in [0.25, 0.3) is 10.1 Å². The SMILES string of the molecule is O=C(CNC(=O)c1sc2ccccc2c1Cl)N/N=C/c1cccnc1. The number of thiophene rings is 1. The molecule has 0 aliphatic heterocycles. The minimum absolute atomic E-state index is 0.201. The number of hydrogen-bond acceptors (Lipinski definition) is 5. The monoisotopic (exact) mass is 372 g/mol. The van der Waals surface area contributed by atoms with E-state index in [4.69, 9.17) is 11.6 Å². The molecule has 0 saturated carbocycles. The Balaban J connectivity index is 1.55. The molecular weight excluding hydrogens is 360 g/mol. The summed E-state index contributed by atoms with van der Waals surface area (Å²) in [6, 6.07) is 11.0. The lowest BCUT2D eigenvalue weighted by atomic mass is 10.2. The summed E-state index contributed by atoms with van der Waals surface area (Å²) in [6.45, 7) is -0.201. The van der Waals surface area contributed by atoms with Crippen LogP contribution in [-0.2, 0) is 4.79 Å². The quantitative estimate of drug-likeness (QED) is 0.533. The molecule has 0 aliphatic carbocycles. The van der Waals surface area contributed by atoms with Crippen molar-refractivity contribution in [2.75, 3.05) is 6.54 Å². The maximum atomic E-state index is 12.2. The summed E-state index contributed by atoms with van der Waals surface area (Å²) >= 11 is 7.52. The highest BCUT2D eigenvalue weighted by Crippen LogP contribution is 2.34. The van der Waals surface area contributed by atoms with Crippen LogP contribution < -0.4 is 10.7 Å². The average molecular weight is 373 g/mol. The lowest BCUT2D eigenvalue weighted by Crippen LogP contribution is -2.34. The van der Waals surface area contributed by atoms with Crippen LogP contribution in [0.5, 0.6) is 0 Å². The smallest absolute Gasteiger partial charge is 0.263 e. The van der Waals surface area contributed by atoms with Gasteiger partial charge in [0.25, 0.3) is 11.8 Å². The highest BCUT2D eigenvalue weighted by atomic mass is 35.5. The van der Waals surface area contributed by atoms with Gasteiger partial charge in [0.1, 0.15) is 4.88 Å². The molecule has 0 aliphatic rings. The number of nitrogens with one attached hydrogen (secondary N) is 2. The molecule has 6 nitrogen and oxygen atoms in total. The van der Waals surface area contributed by atoms with Gasteiger partial charge in [-0.25, -0.2) is 5.43 Å². The van der Waals surface area contributed by atoms with Gasteiger partial charge < -0.3 is 5.32 Å². The van der Waals surface area contributed by atoms with E-state index in [9.17, 15) is 9.59 Å². The summed E-state index contributed by atoms with van der Waals surface area (Å²) in [4.78, 5) is 28.3. The van der Waals surface area contributed by atoms with Crippen LogP contribution >= 0.6 is 22.9 Å². The fraction of sp³-hybridized carbons (Fsp3) is 0.0588. The van der Waals surface area contributed by atoms with E-state index >= 15 is 0 Å². The predicted octanol–water partition coefficient (Wildman–Crippen LogP) is 2.83. The van der Waals surface area contributed by atoms with E-state index in [1.54, 1.807) is 24.5 Å². The molecule has 2 heterocycles. The van der Waals surface area contributed by atoms with Crippen LogP contribution in [0.3, 0.4) is 0 Å². The first kappa shape index (κ1) is 17.1. The largest absolute Gasteiger partial charge is 0.342 e. The fourth-order valence-corrected chi connectivity index (χ4v) is 3.50. The lowest BCUT2D eigenvalue weighted by Gasteiger charge is -2.03. The van der Waals surface area contributed by atoms with Gasteiger partial charge in [-0.2, -0.15) is 5.10 Å². The van der Waals surface area contributed by atoms with Gasteiger partial charge in [0.15, 0.2) is 0 Å². The zero-order valence-electron chi connectivity index (χ0n) is 12.9. The van der Waals surface area contributed by atoms with Gasteiger partial charge in [-0.15, -0.1) is 11.3 Å². The van der Waals surface area contributed by atoms with Crippen LogP contribution in [0.4, 0.5) is 0 Å². The number of hydrazone groups is 1. The fourth-order valence-electron chi connectivity index (χ4n) is 2.07. The van der Waals surface area contributed by atoms with Crippen molar-refractivity contribution in [2.45, 2.75) is 0 Å². The van der Waals surface area contributed by atoms with Crippen LogP contribution in [0.15, 0.2) is 53.9 Å². The number of carbonyl (C=O) groups is 2. The first-order valence-corrected chi connectivity index (χ1v) is 8.52. The van der Waals surface area contributed by atoms with Crippen LogP contribution in [0.2, 0.25) is 5.02 Å². The number of hydrogen-bond donors (Lipinski definition) is 2. The molecule has 126 valence electrons. The van der Waals surface area contributed by atoms with E-state index in [0.29, 0.717) is 9.90 Å². The number of halogens is 1. The predicted molar refractivity (Wildman–Crippen MR) is 99.1 cm³/mol. The van der Waals surface area contributed by atoms with E-state index in [1.165, 1.54) is 17.6 Å². The third-order valence-electron chi connectivity index (χ3n) is 3.24. The molecule has 8 heteroatoms. The molecule has 0 fully saturated rings. The molecule has 3 rings (SSSR count). The molecule has 0 saturated heterocycles. The Morgan fingerprint density at radius 2 is 2.08 bits per heavy atom. The number of nitrogens with zero attached hydrogens (tertiary/aromatic N) is 2. The maximum Gasteiger partial charge on any atom is 0.263 e. The van der Waals surface area contributed by atoms with Crippen molar-refractivity contribution >= 4 is 51.1 Å². The highest BCUT2D eigenvalue weighted by molar-refractivity contribution is 7.21. The zero-order chi connectivity index (χ0) is 17.6. The molecule has 3 aromatic rings. The molecule has 2 aromatic heterocycles. The van der Waals surface area contributed by atoms with E-state index in [-0.39, 0.29) is 6.54 Å². The maximum absolute atomic E-state index is 12.2. The van der Waals surface area contributed by atoms with E-state index in [0.717, 1.165) is 15.6 Å². The summed E-state index contributed by atoms with van der Waals surface area (Å²) in [6.07, 6.45) is 4.72. The third kappa shape index (κ3) is 4.20. The van der Waals surface area contributed by atoms with Crippen molar-refractivity contribution in [2.24, 2.45) is 5.10 Å². The van der Waals surface area contributed by atoms with E-state index in [2.05, 4.69) is 20.8 Å². The van der Waals surface area contributed by atoms with Gasteiger partial charge in [0.05, 0.1) is 17.8 Å². The minimum atomic E-state index is -0.439. The zero-order valence-corrected chi connectivity index (χ0v) is 14.5. The number of rotatable bonds is 5. The summed E-state index contributed by atoms with van der Waals surface area (Å²) in [7, 11) is 0. The van der Waals surface area contributed by atoms with Crippen molar-refractivity contribution in [3.05, 3.63) is 64.3 Å². The Kier molecular flexibility index (Phi) is 5.37. The highest BCUT2D eigenvalue weighted by Gasteiger charge is 2.17. The normalized spacial score (nSPS) is 10.9. The van der Waals surface area contributed by atoms with Gasteiger partial charge in [-0.1, -0.05) is 35.9 Å². The number of aromatic nitrogens is 1. The Hall–Kier alpha value is -2.77. The van der Waals surface area contributed by atoms with Crippen LogP contribution in [0, 0.1) is 0 Å². The van der Waals surface area contributed by atoms with Crippen LogP contribution in [-0.4, -0.2) is 29.6 Å². The molecular formula is C17H13ClN4O2S. The van der Waals surface area contributed by atoms with Crippen molar-refractivity contribution in [3.8, 4) is 0 Å². The molecule has 1 aromatic carbocycles. The molecule has 2 N–H and O–H groups in total. The minimum Gasteiger partial charge on any atom is -0.342 e. The number of carbonyl (C=O) groups excluding carboxylic acids is 2. The summed E-state index contributed by atoms with van der Waals surface area (Å²) < 4.78 is 0.920. The van der Waals surface area contributed by atoms with Gasteiger partial charge in [0, 0.05) is 28.0 Å². The van der Waals surface area contributed by atoms with Gasteiger partial charge in [-0.3, -0.25) is 14.6 Å². The lowest BCUT2D eigenvalue weighted by molar-refractivity contribution is -0.120. The number of benzene rings is 1. The molecule has 25 heavy (non-hydrogen) atoms. The molecule has 0 radical (unpaired) electrons. The number of fused-ring (bicyclic) bond motifs is 1. The van der Waals surface area contributed by atoms with Gasteiger partial charge in [0.2, 0.25) is 0 Å². The van der Waals surface area contributed by atoms with Gasteiger partial charge >= 0.3 is 0 Å². The summed E-state index contributed by atoms with van der Waals surface area (Å²) in [5.74, 6) is -0.830. The second-order valence-corrected chi connectivity index (χ2v) is 6.43. The first-order valence-electron chi connectivity index (χ1n) is 7.32. The number of amides is 2. The van der Waals surface area contributed by atoms with Crippen molar-refractivity contribution in [1.29, 1.82) is 0 Å². The second-order valence-electron chi connectivity index (χ2n) is 5.00. The van der Waals surface area contributed by atoms with Crippen LogP contribution in [0.1, 0.15) is 15.2 Å². The third-order valence-corrected chi connectivity index (χ3v) is 4.91. The van der Waals surface area contributed by atoms with Crippen molar-refractivity contribution in [1.82, 2.24) is 15.7 Å². The van der Waals surface area contributed by atoms with E-state index in [1.807, 2.05) is 24.3 Å². The molecule has 0 bridgehead atoms.